The second-order valence-corrected chi connectivity index (χ2v) is 8.46. The largest absolute Gasteiger partial charge is 0.352 e. The molecule has 0 saturated heterocycles. The quantitative estimate of drug-likeness (QED) is 0.738. The van der Waals surface area contributed by atoms with Gasteiger partial charge in [-0.1, -0.05) is 47.1 Å². The van der Waals surface area contributed by atoms with E-state index in [-0.39, 0.29) is 23.4 Å². The van der Waals surface area contributed by atoms with Gasteiger partial charge in [0.1, 0.15) is 6.54 Å². The van der Waals surface area contributed by atoms with Crippen molar-refractivity contribution in [2.75, 3.05) is 10.8 Å². The van der Waals surface area contributed by atoms with Crippen molar-refractivity contribution < 1.29 is 13.2 Å². The van der Waals surface area contributed by atoms with E-state index >= 15 is 0 Å². The Hall–Kier alpha value is -1.86. The van der Waals surface area contributed by atoms with Gasteiger partial charge >= 0.3 is 0 Å². The molecule has 2 aromatic carbocycles. The Morgan fingerprint density at radius 2 is 1.84 bits per heavy atom. The first-order valence-electron chi connectivity index (χ1n) is 7.97. The maximum atomic E-state index is 13.1. The van der Waals surface area contributed by atoms with Gasteiger partial charge in [-0.05, 0) is 43.7 Å². The minimum atomic E-state index is -3.86. The van der Waals surface area contributed by atoms with Gasteiger partial charge in [-0.3, -0.25) is 9.10 Å². The van der Waals surface area contributed by atoms with E-state index in [0.29, 0.717) is 5.69 Å². The van der Waals surface area contributed by atoms with E-state index in [0.717, 1.165) is 15.2 Å². The summed E-state index contributed by atoms with van der Waals surface area (Å²) >= 11 is 3.35. The van der Waals surface area contributed by atoms with E-state index in [1.165, 1.54) is 12.1 Å². The number of hydrogen-bond donors (Lipinski definition) is 1. The van der Waals surface area contributed by atoms with Crippen LogP contribution in [-0.2, 0) is 14.8 Å². The Morgan fingerprint density at radius 3 is 2.44 bits per heavy atom. The standard InChI is InChI=1S/C18H21BrN2O3S/c1-3-14(2)20-18(22)13-21(16-9-7-8-15(19)12-16)25(23,24)17-10-5-4-6-11-17/h4-12,14H,3,13H2,1-2H3,(H,20,22). The van der Waals surface area contributed by atoms with Crippen molar-refractivity contribution in [1.29, 1.82) is 0 Å². The molecule has 2 aromatic rings. The molecule has 1 N–H and O–H groups in total. The average molecular weight is 425 g/mol. The van der Waals surface area contributed by atoms with Crippen LogP contribution < -0.4 is 9.62 Å². The maximum Gasteiger partial charge on any atom is 0.264 e. The molecule has 0 bridgehead atoms. The van der Waals surface area contributed by atoms with Gasteiger partial charge in [0, 0.05) is 10.5 Å². The number of rotatable bonds is 7. The monoisotopic (exact) mass is 424 g/mol. The van der Waals surface area contributed by atoms with Gasteiger partial charge in [-0.2, -0.15) is 0 Å². The van der Waals surface area contributed by atoms with E-state index in [9.17, 15) is 13.2 Å². The highest BCUT2D eigenvalue weighted by Crippen LogP contribution is 2.26. The zero-order valence-corrected chi connectivity index (χ0v) is 16.5. The third kappa shape index (κ3) is 5.06. The average Bonchev–Trinajstić information content (AvgIpc) is 2.60. The maximum absolute atomic E-state index is 13.1. The normalized spacial score (nSPS) is 12.4. The van der Waals surface area contributed by atoms with Crippen molar-refractivity contribution in [2.24, 2.45) is 0 Å². The van der Waals surface area contributed by atoms with E-state index in [1.54, 1.807) is 42.5 Å². The molecule has 2 rings (SSSR count). The van der Waals surface area contributed by atoms with Crippen LogP contribution in [-0.4, -0.2) is 26.9 Å². The van der Waals surface area contributed by atoms with E-state index < -0.39 is 10.0 Å². The highest BCUT2D eigenvalue weighted by atomic mass is 79.9. The first-order valence-corrected chi connectivity index (χ1v) is 10.2. The SMILES string of the molecule is CCC(C)NC(=O)CN(c1cccc(Br)c1)S(=O)(=O)c1ccccc1. The number of nitrogens with one attached hydrogen (secondary N) is 1. The topological polar surface area (TPSA) is 66.5 Å². The first-order chi connectivity index (χ1) is 11.8. The highest BCUT2D eigenvalue weighted by molar-refractivity contribution is 9.10. The number of sulfonamides is 1. The summed E-state index contributed by atoms with van der Waals surface area (Å²) in [6, 6.07) is 15.0. The molecule has 1 amide bonds. The summed E-state index contributed by atoms with van der Waals surface area (Å²) in [6.45, 7) is 3.56. The smallest absolute Gasteiger partial charge is 0.264 e. The molecular formula is C18H21BrN2O3S. The fraction of sp³-hybridized carbons (Fsp3) is 0.278. The summed E-state index contributed by atoms with van der Waals surface area (Å²) in [4.78, 5) is 12.5. The van der Waals surface area contributed by atoms with Crippen LogP contribution >= 0.6 is 15.9 Å². The van der Waals surface area contributed by atoms with Crippen LogP contribution in [0.25, 0.3) is 0 Å². The molecule has 0 radical (unpaired) electrons. The van der Waals surface area contributed by atoms with E-state index in [4.69, 9.17) is 0 Å². The van der Waals surface area contributed by atoms with Crippen molar-refractivity contribution in [3.05, 3.63) is 59.1 Å². The number of carbonyl (C=O) groups is 1. The van der Waals surface area contributed by atoms with Gasteiger partial charge in [-0.25, -0.2) is 8.42 Å². The van der Waals surface area contributed by atoms with Crippen molar-refractivity contribution in [2.45, 2.75) is 31.2 Å². The van der Waals surface area contributed by atoms with Crippen LogP contribution in [0.4, 0.5) is 5.69 Å². The molecular weight excluding hydrogens is 404 g/mol. The lowest BCUT2D eigenvalue weighted by Crippen LogP contribution is -2.43. The predicted octanol–water partition coefficient (Wildman–Crippen LogP) is 3.56. The van der Waals surface area contributed by atoms with Gasteiger partial charge in [-0.15, -0.1) is 0 Å². The summed E-state index contributed by atoms with van der Waals surface area (Å²) < 4.78 is 28.0. The van der Waals surface area contributed by atoms with Crippen LogP contribution in [0, 0.1) is 0 Å². The highest BCUT2D eigenvalue weighted by Gasteiger charge is 2.27. The minimum Gasteiger partial charge on any atom is -0.352 e. The number of halogens is 1. The Balaban J connectivity index is 2.41. The molecule has 5 nitrogen and oxygen atoms in total. The van der Waals surface area contributed by atoms with E-state index in [1.807, 2.05) is 13.8 Å². The van der Waals surface area contributed by atoms with Crippen LogP contribution in [0.2, 0.25) is 0 Å². The fourth-order valence-electron chi connectivity index (χ4n) is 2.22. The summed E-state index contributed by atoms with van der Waals surface area (Å²) in [7, 11) is -3.86. The lowest BCUT2D eigenvalue weighted by molar-refractivity contribution is -0.120. The number of benzene rings is 2. The fourth-order valence-corrected chi connectivity index (χ4v) is 4.04. The molecule has 134 valence electrons. The van der Waals surface area contributed by atoms with Crippen LogP contribution in [0.1, 0.15) is 20.3 Å². The van der Waals surface area contributed by atoms with Gasteiger partial charge in [0.2, 0.25) is 5.91 Å². The number of amides is 1. The van der Waals surface area contributed by atoms with Crippen LogP contribution in [0.15, 0.2) is 64.0 Å². The molecule has 25 heavy (non-hydrogen) atoms. The minimum absolute atomic E-state index is 0.0173. The first kappa shape index (κ1) is 19.5. The lowest BCUT2D eigenvalue weighted by Gasteiger charge is -2.25. The molecule has 0 aliphatic rings. The summed E-state index contributed by atoms with van der Waals surface area (Å²) in [5.41, 5.74) is 0.428. The molecule has 1 unspecified atom stereocenters. The molecule has 0 fully saturated rings. The predicted molar refractivity (Wildman–Crippen MR) is 103 cm³/mol. The Morgan fingerprint density at radius 1 is 1.16 bits per heavy atom. The van der Waals surface area contributed by atoms with E-state index in [2.05, 4.69) is 21.2 Å². The van der Waals surface area contributed by atoms with Gasteiger partial charge < -0.3 is 5.32 Å². The molecule has 0 aliphatic heterocycles. The summed E-state index contributed by atoms with van der Waals surface area (Å²) in [6.07, 6.45) is 0.772. The number of nitrogens with zero attached hydrogens (tertiary/aromatic N) is 1. The van der Waals surface area contributed by atoms with Crippen molar-refractivity contribution >= 4 is 37.5 Å². The number of carbonyl (C=O) groups excluding carboxylic acids is 1. The molecule has 0 spiro atoms. The molecule has 0 saturated carbocycles. The second-order valence-electron chi connectivity index (χ2n) is 5.68. The zero-order chi connectivity index (χ0) is 18.4. The summed E-state index contributed by atoms with van der Waals surface area (Å²) in [5, 5.41) is 2.81. The third-order valence-corrected chi connectivity index (χ3v) is 6.02. The Bertz CT molecular complexity index is 825. The van der Waals surface area contributed by atoms with Gasteiger partial charge in [0.05, 0.1) is 10.6 Å². The number of anilines is 1. The van der Waals surface area contributed by atoms with Crippen molar-refractivity contribution in [1.82, 2.24) is 5.32 Å². The molecule has 1 atom stereocenters. The third-order valence-electron chi connectivity index (χ3n) is 3.73. The van der Waals surface area contributed by atoms with Crippen LogP contribution in [0.5, 0.6) is 0 Å². The molecule has 0 aliphatic carbocycles. The number of hydrogen-bond acceptors (Lipinski definition) is 3. The Kier molecular flexibility index (Phi) is 6.61. The van der Waals surface area contributed by atoms with Gasteiger partial charge in [0.15, 0.2) is 0 Å². The second kappa shape index (κ2) is 8.49. The zero-order valence-electron chi connectivity index (χ0n) is 14.1. The molecule has 0 aromatic heterocycles. The van der Waals surface area contributed by atoms with Crippen molar-refractivity contribution in [3.63, 3.8) is 0 Å². The Labute approximate surface area is 157 Å². The van der Waals surface area contributed by atoms with Gasteiger partial charge in [0.25, 0.3) is 10.0 Å². The molecule has 0 heterocycles. The summed E-state index contributed by atoms with van der Waals surface area (Å²) in [5.74, 6) is -0.339. The van der Waals surface area contributed by atoms with Crippen molar-refractivity contribution in [3.8, 4) is 0 Å². The lowest BCUT2D eigenvalue weighted by atomic mass is 10.2. The van der Waals surface area contributed by atoms with Crippen LogP contribution in [0.3, 0.4) is 0 Å². The molecule has 7 heteroatoms.